The third kappa shape index (κ3) is 4.39. The van der Waals surface area contributed by atoms with E-state index in [-0.39, 0.29) is 11.9 Å². The van der Waals surface area contributed by atoms with Gasteiger partial charge in [-0.15, -0.1) is 0 Å². The SMILES string of the molecule is Cc1cnn(CCN2CCC(NC(=O)c3ccccn3)CC2)c1. The van der Waals surface area contributed by atoms with E-state index in [0.717, 1.165) is 39.0 Å². The van der Waals surface area contributed by atoms with Gasteiger partial charge in [0.2, 0.25) is 0 Å². The van der Waals surface area contributed by atoms with Gasteiger partial charge in [-0.25, -0.2) is 0 Å². The fraction of sp³-hybridized carbons (Fsp3) is 0.471. The van der Waals surface area contributed by atoms with Crippen molar-refractivity contribution in [3.63, 3.8) is 0 Å². The molecular formula is C17H23N5O. The highest BCUT2D eigenvalue weighted by Crippen LogP contribution is 2.11. The van der Waals surface area contributed by atoms with Crippen LogP contribution in [0.25, 0.3) is 0 Å². The summed E-state index contributed by atoms with van der Waals surface area (Å²) in [7, 11) is 0. The van der Waals surface area contributed by atoms with Crippen molar-refractivity contribution in [3.05, 3.63) is 48.0 Å². The number of aryl methyl sites for hydroxylation is 1. The van der Waals surface area contributed by atoms with Crippen molar-refractivity contribution in [2.24, 2.45) is 0 Å². The van der Waals surface area contributed by atoms with Crippen LogP contribution in [0.1, 0.15) is 28.9 Å². The lowest BCUT2D eigenvalue weighted by Crippen LogP contribution is -2.45. The molecule has 0 radical (unpaired) electrons. The Labute approximate surface area is 136 Å². The van der Waals surface area contributed by atoms with Gasteiger partial charge in [-0.05, 0) is 37.5 Å². The third-order valence-electron chi connectivity index (χ3n) is 4.23. The molecule has 0 atom stereocenters. The van der Waals surface area contributed by atoms with Crippen LogP contribution in [-0.4, -0.2) is 51.2 Å². The van der Waals surface area contributed by atoms with Gasteiger partial charge in [0.05, 0.1) is 12.7 Å². The van der Waals surface area contributed by atoms with E-state index >= 15 is 0 Å². The molecule has 2 aromatic heterocycles. The minimum atomic E-state index is -0.0731. The highest BCUT2D eigenvalue weighted by molar-refractivity contribution is 5.92. The highest BCUT2D eigenvalue weighted by Gasteiger charge is 2.21. The Balaban J connectivity index is 1.41. The molecule has 3 rings (SSSR count). The van der Waals surface area contributed by atoms with Crippen molar-refractivity contribution in [1.82, 2.24) is 25.0 Å². The topological polar surface area (TPSA) is 63.1 Å². The summed E-state index contributed by atoms with van der Waals surface area (Å²) in [6.07, 6.45) is 7.57. The monoisotopic (exact) mass is 313 g/mol. The number of hydrogen-bond donors (Lipinski definition) is 1. The Morgan fingerprint density at radius 1 is 1.30 bits per heavy atom. The smallest absolute Gasteiger partial charge is 0.270 e. The van der Waals surface area contributed by atoms with Gasteiger partial charge < -0.3 is 10.2 Å². The van der Waals surface area contributed by atoms with Gasteiger partial charge in [-0.2, -0.15) is 5.10 Å². The van der Waals surface area contributed by atoms with Gasteiger partial charge in [-0.3, -0.25) is 14.5 Å². The number of carbonyl (C=O) groups excluding carboxylic acids is 1. The van der Waals surface area contributed by atoms with Crippen LogP contribution < -0.4 is 5.32 Å². The average Bonchev–Trinajstić information content (AvgIpc) is 3.00. The zero-order chi connectivity index (χ0) is 16.1. The molecule has 23 heavy (non-hydrogen) atoms. The average molecular weight is 313 g/mol. The first-order chi connectivity index (χ1) is 11.2. The second-order valence-corrected chi connectivity index (χ2v) is 6.09. The summed E-state index contributed by atoms with van der Waals surface area (Å²) < 4.78 is 1.99. The summed E-state index contributed by atoms with van der Waals surface area (Å²) >= 11 is 0. The highest BCUT2D eigenvalue weighted by atomic mass is 16.1. The zero-order valence-corrected chi connectivity index (χ0v) is 13.5. The summed E-state index contributed by atoms with van der Waals surface area (Å²) in [6, 6.07) is 5.64. The Kier molecular flexibility index (Phi) is 5.02. The lowest BCUT2D eigenvalue weighted by Gasteiger charge is -2.32. The molecule has 1 fully saturated rings. The number of hydrogen-bond acceptors (Lipinski definition) is 4. The molecule has 0 unspecified atom stereocenters. The summed E-state index contributed by atoms with van der Waals surface area (Å²) in [6.45, 7) is 5.99. The molecule has 0 saturated carbocycles. The van der Waals surface area contributed by atoms with E-state index in [2.05, 4.69) is 33.4 Å². The maximum absolute atomic E-state index is 12.1. The van der Waals surface area contributed by atoms with Crippen LogP contribution in [0.15, 0.2) is 36.8 Å². The third-order valence-corrected chi connectivity index (χ3v) is 4.23. The Morgan fingerprint density at radius 3 is 2.78 bits per heavy atom. The first-order valence-electron chi connectivity index (χ1n) is 8.14. The van der Waals surface area contributed by atoms with E-state index in [4.69, 9.17) is 0 Å². The van der Waals surface area contributed by atoms with Crippen LogP contribution >= 0.6 is 0 Å². The second-order valence-electron chi connectivity index (χ2n) is 6.09. The number of aromatic nitrogens is 3. The lowest BCUT2D eigenvalue weighted by atomic mass is 10.0. The summed E-state index contributed by atoms with van der Waals surface area (Å²) in [5, 5.41) is 7.40. The van der Waals surface area contributed by atoms with E-state index in [1.807, 2.05) is 23.0 Å². The zero-order valence-electron chi connectivity index (χ0n) is 13.5. The standard InChI is InChI=1S/C17H23N5O/c1-14-12-19-22(13-14)11-10-21-8-5-15(6-9-21)20-17(23)16-4-2-3-7-18-16/h2-4,7,12-13,15H,5-6,8-11H2,1H3,(H,20,23). The summed E-state index contributed by atoms with van der Waals surface area (Å²) in [5.41, 5.74) is 1.69. The molecule has 6 heteroatoms. The molecule has 3 heterocycles. The normalized spacial score (nSPS) is 16.4. The van der Waals surface area contributed by atoms with Gasteiger partial charge in [0.1, 0.15) is 5.69 Å². The van der Waals surface area contributed by atoms with Gasteiger partial charge in [0.25, 0.3) is 5.91 Å². The Hall–Kier alpha value is -2.21. The number of likely N-dealkylation sites (tertiary alicyclic amines) is 1. The molecular weight excluding hydrogens is 290 g/mol. The fourth-order valence-electron chi connectivity index (χ4n) is 2.89. The number of nitrogens with zero attached hydrogens (tertiary/aromatic N) is 4. The maximum atomic E-state index is 12.1. The number of pyridine rings is 1. The van der Waals surface area contributed by atoms with Crippen molar-refractivity contribution in [1.29, 1.82) is 0 Å². The molecule has 0 aliphatic carbocycles. The number of rotatable bonds is 5. The maximum Gasteiger partial charge on any atom is 0.270 e. The predicted octanol–water partition coefficient (Wildman–Crippen LogP) is 1.48. The summed E-state index contributed by atoms with van der Waals surface area (Å²) in [4.78, 5) is 18.6. The van der Waals surface area contributed by atoms with Crippen LogP contribution in [0.5, 0.6) is 0 Å². The van der Waals surface area contributed by atoms with E-state index in [1.165, 1.54) is 5.56 Å². The predicted molar refractivity (Wildman–Crippen MR) is 88.1 cm³/mol. The minimum Gasteiger partial charge on any atom is -0.348 e. The molecule has 0 spiro atoms. The number of carbonyl (C=O) groups is 1. The van der Waals surface area contributed by atoms with Gasteiger partial charge in [0.15, 0.2) is 0 Å². The van der Waals surface area contributed by atoms with Crippen LogP contribution in [-0.2, 0) is 6.54 Å². The molecule has 1 aliphatic rings. The molecule has 0 bridgehead atoms. The largest absolute Gasteiger partial charge is 0.348 e. The van der Waals surface area contributed by atoms with Crippen molar-refractivity contribution < 1.29 is 4.79 Å². The van der Waals surface area contributed by atoms with Gasteiger partial charge >= 0.3 is 0 Å². The molecule has 1 N–H and O–H groups in total. The molecule has 1 amide bonds. The molecule has 2 aromatic rings. The Morgan fingerprint density at radius 2 is 2.13 bits per heavy atom. The van der Waals surface area contributed by atoms with Crippen LogP contribution in [0.2, 0.25) is 0 Å². The van der Waals surface area contributed by atoms with E-state index in [9.17, 15) is 4.79 Å². The van der Waals surface area contributed by atoms with Crippen molar-refractivity contribution in [3.8, 4) is 0 Å². The molecule has 6 nitrogen and oxygen atoms in total. The second kappa shape index (κ2) is 7.37. The quantitative estimate of drug-likeness (QED) is 0.908. The minimum absolute atomic E-state index is 0.0731. The molecule has 1 saturated heterocycles. The lowest BCUT2D eigenvalue weighted by molar-refractivity contribution is 0.0905. The van der Waals surface area contributed by atoms with Crippen LogP contribution in [0.3, 0.4) is 0 Å². The number of amides is 1. The molecule has 122 valence electrons. The Bertz CT molecular complexity index is 631. The van der Waals surface area contributed by atoms with Crippen molar-refractivity contribution >= 4 is 5.91 Å². The van der Waals surface area contributed by atoms with Gasteiger partial charge in [-0.1, -0.05) is 6.07 Å². The first-order valence-corrected chi connectivity index (χ1v) is 8.14. The number of nitrogens with one attached hydrogen (secondary N) is 1. The van der Waals surface area contributed by atoms with Crippen molar-refractivity contribution in [2.45, 2.75) is 32.4 Å². The van der Waals surface area contributed by atoms with E-state index in [1.54, 1.807) is 12.3 Å². The first kappa shape index (κ1) is 15.7. The number of piperidine rings is 1. The van der Waals surface area contributed by atoms with E-state index < -0.39 is 0 Å². The van der Waals surface area contributed by atoms with Crippen LogP contribution in [0.4, 0.5) is 0 Å². The van der Waals surface area contributed by atoms with Crippen molar-refractivity contribution in [2.75, 3.05) is 19.6 Å². The summed E-state index contributed by atoms with van der Waals surface area (Å²) in [5.74, 6) is -0.0731. The molecule has 1 aliphatic heterocycles. The van der Waals surface area contributed by atoms with E-state index in [0.29, 0.717) is 5.69 Å². The molecule has 0 aromatic carbocycles. The van der Waals surface area contributed by atoms with Gasteiger partial charge in [0, 0.05) is 38.1 Å². The van der Waals surface area contributed by atoms with Crippen LogP contribution in [0, 0.1) is 6.92 Å². The fourth-order valence-corrected chi connectivity index (χ4v) is 2.89.